The van der Waals surface area contributed by atoms with Gasteiger partial charge in [0.1, 0.15) is 0 Å². The Morgan fingerprint density at radius 1 is 1.26 bits per heavy atom. The molecule has 0 amide bonds. The Balaban J connectivity index is 1.95. The van der Waals surface area contributed by atoms with E-state index in [-0.39, 0.29) is 6.10 Å². The molecule has 6 heteroatoms. The molecule has 0 bridgehead atoms. The van der Waals surface area contributed by atoms with Gasteiger partial charge in [0.25, 0.3) is 0 Å². The number of hydrogen-bond donors (Lipinski definition) is 1. The standard InChI is InChI=1S/C13H26N2O3S/c1-11-5-8-15(9-13(11)18-2)19(16,17)10-12-3-6-14-7-4-12/h11-14H,3-10H2,1-2H3. The lowest BCUT2D eigenvalue weighted by Crippen LogP contribution is -2.48. The molecular weight excluding hydrogens is 264 g/mol. The molecule has 1 N–H and O–H groups in total. The van der Waals surface area contributed by atoms with Gasteiger partial charge in [-0.3, -0.25) is 0 Å². The third-order valence-electron chi connectivity index (χ3n) is 4.45. The van der Waals surface area contributed by atoms with Gasteiger partial charge >= 0.3 is 0 Å². The van der Waals surface area contributed by atoms with Gasteiger partial charge in [0.15, 0.2) is 0 Å². The summed E-state index contributed by atoms with van der Waals surface area (Å²) in [5.74, 6) is 1.06. The summed E-state index contributed by atoms with van der Waals surface area (Å²) in [6.45, 7) is 5.18. The Morgan fingerprint density at radius 3 is 2.58 bits per heavy atom. The summed E-state index contributed by atoms with van der Waals surface area (Å²) in [5.41, 5.74) is 0. The number of nitrogens with zero attached hydrogens (tertiary/aromatic N) is 1. The van der Waals surface area contributed by atoms with Crippen LogP contribution in [0.5, 0.6) is 0 Å². The lowest BCUT2D eigenvalue weighted by molar-refractivity contribution is 0.0183. The monoisotopic (exact) mass is 290 g/mol. The van der Waals surface area contributed by atoms with E-state index in [4.69, 9.17) is 4.74 Å². The molecule has 0 aromatic rings. The highest BCUT2D eigenvalue weighted by Crippen LogP contribution is 2.24. The van der Waals surface area contributed by atoms with Crippen molar-refractivity contribution in [1.29, 1.82) is 0 Å². The maximum atomic E-state index is 12.5. The number of piperidine rings is 2. The summed E-state index contributed by atoms with van der Waals surface area (Å²) >= 11 is 0. The van der Waals surface area contributed by atoms with Crippen molar-refractivity contribution >= 4 is 10.0 Å². The minimum Gasteiger partial charge on any atom is -0.380 e. The topological polar surface area (TPSA) is 58.6 Å². The summed E-state index contributed by atoms with van der Waals surface area (Å²) in [4.78, 5) is 0. The van der Waals surface area contributed by atoms with Crippen LogP contribution < -0.4 is 5.32 Å². The molecule has 2 saturated heterocycles. The summed E-state index contributed by atoms with van der Waals surface area (Å²) in [6, 6.07) is 0. The van der Waals surface area contributed by atoms with Gasteiger partial charge < -0.3 is 10.1 Å². The van der Waals surface area contributed by atoms with Crippen molar-refractivity contribution in [3.8, 4) is 0 Å². The van der Waals surface area contributed by atoms with Gasteiger partial charge in [0, 0.05) is 20.2 Å². The second kappa shape index (κ2) is 6.52. The number of rotatable bonds is 4. The van der Waals surface area contributed by atoms with Gasteiger partial charge in [-0.25, -0.2) is 8.42 Å². The molecule has 2 rings (SSSR count). The smallest absolute Gasteiger partial charge is 0.214 e. The van der Waals surface area contributed by atoms with Gasteiger partial charge in [-0.2, -0.15) is 4.31 Å². The Labute approximate surface area is 116 Å². The molecule has 5 nitrogen and oxygen atoms in total. The zero-order chi connectivity index (χ0) is 13.9. The van der Waals surface area contributed by atoms with Gasteiger partial charge in [0.05, 0.1) is 11.9 Å². The minimum atomic E-state index is -3.12. The molecule has 2 atom stereocenters. The van der Waals surface area contributed by atoms with Gasteiger partial charge in [-0.15, -0.1) is 0 Å². The van der Waals surface area contributed by atoms with E-state index < -0.39 is 10.0 Å². The summed E-state index contributed by atoms with van der Waals surface area (Å²) < 4.78 is 32.0. The average molecular weight is 290 g/mol. The molecule has 0 aromatic carbocycles. The Morgan fingerprint density at radius 2 is 1.95 bits per heavy atom. The van der Waals surface area contributed by atoms with E-state index >= 15 is 0 Å². The first-order valence-electron chi connectivity index (χ1n) is 7.24. The van der Waals surface area contributed by atoms with Gasteiger partial charge in [0.2, 0.25) is 10.0 Å². The first-order chi connectivity index (χ1) is 9.03. The molecule has 2 fully saturated rings. The van der Waals surface area contributed by atoms with Crippen LogP contribution in [0.15, 0.2) is 0 Å². The third-order valence-corrected chi connectivity index (χ3v) is 6.46. The van der Waals surface area contributed by atoms with Crippen LogP contribution in [0.4, 0.5) is 0 Å². The predicted octanol–water partition coefficient (Wildman–Crippen LogP) is 0.673. The third kappa shape index (κ3) is 3.90. The molecule has 0 radical (unpaired) electrons. The maximum Gasteiger partial charge on any atom is 0.214 e. The Hall–Kier alpha value is -0.170. The fourth-order valence-corrected chi connectivity index (χ4v) is 4.91. The highest BCUT2D eigenvalue weighted by atomic mass is 32.2. The van der Waals surface area contributed by atoms with Crippen molar-refractivity contribution in [2.45, 2.75) is 32.3 Å². The van der Waals surface area contributed by atoms with Gasteiger partial charge in [-0.1, -0.05) is 6.92 Å². The van der Waals surface area contributed by atoms with Crippen LogP contribution in [0, 0.1) is 11.8 Å². The number of nitrogens with one attached hydrogen (secondary N) is 1. The first-order valence-corrected chi connectivity index (χ1v) is 8.85. The summed E-state index contributed by atoms with van der Waals surface area (Å²) in [6.07, 6.45) is 2.87. The van der Waals surface area contributed by atoms with E-state index in [1.807, 2.05) is 0 Å². The maximum absolute atomic E-state index is 12.5. The van der Waals surface area contributed by atoms with Crippen LogP contribution in [-0.2, 0) is 14.8 Å². The van der Waals surface area contributed by atoms with Crippen molar-refractivity contribution in [3.05, 3.63) is 0 Å². The molecule has 2 aliphatic heterocycles. The number of methoxy groups -OCH3 is 1. The fraction of sp³-hybridized carbons (Fsp3) is 1.00. The average Bonchev–Trinajstić information content (AvgIpc) is 2.39. The molecule has 2 aliphatic rings. The highest BCUT2D eigenvalue weighted by molar-refractivity contribution is 7.89. The van der Waals surface area contributed by atoms with E-state index in [1.54, 1.807) is 11.4 Å². The van der Waals surface area contributed by atoms with Crippen molar-refractivity contribution in [3.63, 3.8) is 0 Å². The Kier molecular flexibility index (Phi) is 5.22. The molecular formula is C13H26N2O3S. The van der Waals surface area contributed by atoms with Crippen molar-refractivity contribution in [2.75, 3.05) is 39.0 Å². The molecule has 112 valence electrons. The largest absolute Gasteiger partial charge is 0.380 e. The molecule has 19 heavy (non-hydrogen) atoms. The van der Waals surface area contributed by atoms with Crippen LogP contribution in [0.1, 0.15) is 26.2 Å². The fourth-order valence-electron chi connectivity index (χ4n) is 3.02. The zero-order valence-corrected chi connectivity index (χ0v) is 12.8. The molecule has 2 heterocycles. The molecule has 2 unspecified atom stereocenters. The lowest BCUT2D eigenvalue weighted by Gasteiger charge is -2.36. The van der Waals surface area contributed by atoms with E-state index in [0.29, 0.717) is 30.7 Å². The van der Waals surface area contributed by atoms with Gasteiger partial charge in [-0.05, 0) is 44.2 Å². The zero-order valence-electron chi connectivity index (χ0n) is 12.0. The number of sulfonamides is 1. The molecule has 0 aliphatic carbocycles. The second-order valence-corrected chi connectivity index (χ2v) is 7.88. The van der Waals surface area contributed by atoms with Crippen LogP contribution in [0.3, 0.4) is 0 Å². The van der Waals surface area contributed by atoms with Crippen LogP contribution in [-0.4, -0.2) is 57.9 Å². The molecule has 0 spiro atoms. The minimum absolute atomic E-state index is 0.0385. The molecule has 0 aromatic heterocycles. The summed E-state index contributed by atoms with van der Waals surface area (Å²) in [5, 5.41) is 3.27. The van der Waals surface area contributed by atoms with E-state index in [9.17, 15) is 8.42 Å². The normalized spacial score (nSPS) is 31.5. The first kappa shape index (κ1) is 15.2. The van der Waals surface area contributed by atoms with Crippen LogP contribution in [0.2, 0.25) is 0 Å². The number of ether oxygens (including phenoxy) is 1. The van der Waals surface area contributed by atoms with Crippen molar-refractivity contribution < 1.29 is 13.2 Å². The Bertz CT molecular complexity index is 379. The van der Waals surface area contributed by atoms with E-state index in [0.717, 1.165) is 32.4 Å². The van der Waals surface area contributed by atoms with E-state index in [2.05, 4.69) is 12.2 Å². The quantitative estimate of drug-likeness (QED) is 0.827. The summed E-state index contributed by atoms with van der Waals surface area (Å²) in [7, 11) is -1.45. The number of hydrogen-bond acceptors (Lipinski definition) is 4. The SMILES string of the molecule is COC1CN(S(=O)(=O)CC2CCNCC2)CCC1C. The van der Waals surface area contributed by atoms with E-state index in [1.165, 1.54) is 0 Å². The lowest BCUT2D eigenvalue weighted by atomic mass is 9.97. The second-order valence-electron chi connectivity index (χ2n) is 5.87. The van der Waals surface area contributed by atoms with Crippen molar-refractivity contribution in [1.82, 2.24) is 9.62 Å². The van der Waals surface area contributed by atoms with Crippen LogP contribution >= 0.6 is 0 Å². The predicted molar refractivity (Wildman–Crippen MR) is 75.5 cm³/mol. The van der Waals surface area contributed by atoms with Crippen LogP contribution in [0.25, 0.3) is 0 Å². The van der Waals surface area contributed by atoms with Crippen molar-refractivity contribution in [2.24, 2.45) is 11.8 Å². The highest BCUT2D eigenvalue weighted by Gasteiger charge is 2.34. The molecule has 0 saturated carbocycles.